The molecular formula is C18H10N4O3S2. The van der Waals surface area contributed by atoms with Crippen molar-refractivity contribution in [2.45, 2.75) is 6.92 Å². The number of benzene rings is 1. The van der Waals surface area contributed by atoms with E-state index in [1.54, 1.807) is 18.2 Å². The van der Waals surface area contributed by atoms with E-state index < -0.39 is 17.4 Å². The number of nitrogens with zero attached hydrogens (tertiary/aromatic N) is 4. The number of rotatable bonds is 2. The first kappa shape index (κ1) is 16.0. The fourth-order valence-electron chi connectivity index (χ4n) is 2.95. The van der Waals surface area contributed by atoms with Crippen LogP contribution in [0, 0.1) is 6.92 Å². The van der Waals surface area contributed by atoms with Gasteiger partial charge in [0.15, 0.2) is 11.4 Å². The third kappa shape index (κ3) is 2.29. The minimum absolute atomic E-state index is 0.144. The molecule has 1 aliphatic rings. The molecule has 3 aromatic heterocycles. The normalized spacial score (nSPS) is 13.6. The lowest BCUT2D eigenvalue weighted by molar-refractivity contribution is 0.0924. The summed E-state index contributed by atoms with van der Waals surface area (Å²) in [5.74, 6) is -0.901. The monoisotopic (exact) mass is 394 g/mol. The Morgan fingerprint density at radius 3 is 2.48 bits per heavy atom. The molecule has 0 saturated heterocycles. The first-order chi connectivity index (χ1) is 13.0. The Balaban J connectivity index is 1.70. The van der Waals surface area contributed by atoms with Gasteiger partial charge in [-0.15, -0.1) is 11.3 Å². The number of aromatic nitrogens is 3. The van der Waals surface area contributed by atoms with E-state index in [9.17, 15) is 14.4 Å². The first-order valence-electron chi connectivity index (χ1n) is 7.98. The Hall–Kier alpha value is -3.17. The zero-order valence-corrected chi connectivity index (χ0v) is 15.5. The van der Waals surface area contributed by atoms with Crippen LogP contribution in [0.2, 0.25) is 0 Å². The number of hydrogen-bond acceptors (Lipinski definition) is 7. The summed E-state index contributed by atoms with van der Waals surface area (Å²) in [6.07, 6.45) is 0. The van der Waals surface area contributed by atoms with Crippen LogP contribution in [0.5, 0.6) is 0 Å². The molecule has 0 N–H and O–H groups in total. The van der Waals surface area contributed by atoms with Crippen LogP contribution in [-0.4, -0.2) is 26.4 Å². The van der Waals surface area contributed by atoms with Crippen LogP contribution in [0.25, 0.3) is 15.5 Å². The number of amides is 2. The number of hydrogen-bond donors (Lipinski definition) is 0. The van der Waals surface area contributed by atoms with Crippen molar-refractivity contribution < 1.29 is 9.59 Å². The van der Waals surface area contributed by atoms with Crippen molar-refractivity contribution in [1.29, 1.82) is 0 Å². The largest absolute Gasteiger partial charge is 0.301 e. The molecule has 0 fully saturated rings. The summed E-state index contributed by atoms with van der Waals surface area (Å²) in [6.45, 7) is 1.93. The van der Waals surface area contributed by atoms with Crippen molar-refractivity contribution in [3.8, 4) is 10.6 Å². The molecule has 5 rings (SSSR count). The highest BCUT2D eigenvalue weighted by Crippen LogP contribution is 2.33. The van der Waals surface area contributed by atoms with Gasteiger partial charge in [0.25, 0.3) is 11.8 Å². The maximum absolute atomic E-state index is 13.0. The number of carbonyl (C=O) groups is 2. The summed E-state index contributed by atoms with van der Waals surface area (Å²) < 4.78 is 1.31. The minimum atomic E-state index is -0.479. The molecule has 4 heterocycles. The van der Waals surface area contributed by atoms with E-state index in [0.29, 0.717) is 10.6 Å². The molecule has 9 heteroatoms. The molecule has 0 unspecified atom stereocenters. The topological polar surface area (TPSA) is 84.6 Å². The number of fused-ring (bicyclic) bond motifs is 3. The van der Waals surface area contributed by atoms with Gasteiger partial charge in [-0.1, -0.05) is 35.1 Å². The van der Waals surface area contributed by atoms with E-state index in [0.717, 1.165) is 21.8 Å². The minimum Gasteiger partial charge on any atom is -0.267 e. The van der Waals surface area contributed by atoms with Crippen molar-refractivity contribution in [2.75, 3.05) is 4.90 Å². The third-order valence-corrected chi connectivity index (χ3v) is 6.15. The standard InChI is InChI=1S/C18H10N4O3S2/c1-9-4-6-10(7-5-9)21-16(24)13-14(17(21)25)27-18-19-15(23)12(20-22(13)18)11-3-2-8-26-11/h2-8H,1H3. The number of carbonyl (C=O) groups excluding carboxylic acids is 2. The average Bonchev–Trinajstić information content (AvgIpc) is 3.34. The van der Waals surface area contributed by atoms with Gasteiger partial charge in [0.1, 0.15) is 4.88 Å². The summed E-state index contributed by atoms with van der Waals surface area (Å²) in [5.41, 5.74) is 1.36. The van der Waals surface area contributed by atoms with E-state index in [-0.39, 0.29) is 21.2 Å². The Bertz CT molecular complexity index is 1290. The van der Waals surface area contributed by atoms with Gasteiger partial charge in [0, 0.05) is 0 Å². The van der Waals surface area contributed by atoms with E-state index >= 15 is 0 Å². The molecule has 0 spiro atoms. The molecule has 132 valence electrons. The van der Waals surface area contributed by atoms with Crippen LogP contribution in [0.3, 0.4) is 0 Å². The third-order valence-electron chi connectivity index (χ3n) is 4.25. The molecule has 4 aromatic rings. The summed E-state index contributed by atoms with van der Waals surface area (Å²) in [6, 6.07) is 10.7. The molecule has 1 aromatic carbocycles. The maximum atomic E-state index is 13.0. The van der Waals surface area contributed by atoms with Crippen LogP contribution in [0.1, 0.15) is 25.7 Å². The second-order valence-electron chi connectivity index (χ2n) is 6.00. The lowest BCUT2D eigenvalue weighted by atomic mass is 10.2. The van der Waals surface area contributed by atoms with E-state index in [2.05, 4.69) is 10.1 Å². The van der Waals surface area contributed by atoms with Gasteiger partial charge in [0.05, 0.1) is 10.6 Å². The van der Waals surface area contributed by atoms with Crippen molar-refractivity contribution >= 4 is 45.1 Å². The molecular weight excluding hydrogens is 384 g/mol. The lowest BCUT2D eigenvalue weighted by Crippen LogP contribution is -2.30. The van der Waals surface area contributed by atoms with Crippen molar-refractivity contribution in [1.82, 2.24) is 14.6 Å². The van der Waals surface area contributed by atoms with Crippen LogP contribution in [0.15, 0.2) is 46.6 Å². The lowest BCUT2D eigenvalue weighted by Gasteiger charge is -2.14. The fraction of sp³-hybridized carbons (Fsp3) is 0.0556. The predicted molar refractivity (Wildman–Crippen MR) is 103 cm³/mol. The van der Waals surface area contributed by atoms with Gasteiger partial charge in [-0.3, -0.25) is 14.4 Å². The molecule has 0 atom stereocenters. The van der Waals surface area contributed by atoms with Crippen LogP contribution < -0.4 is 10.5 Å². The van der Waals surface area contributed by atoms with Gasteiger partial charge >= 0.3 is 5.56 Å². The highest BCUT2D eigenvalue weighted by atomic mass is 32.1. The second kappa shape index (κ2) is 5.66. The SMILES string of the molecule is Cc1ccc(N2C(=O)c3sc4nc(=O)c(-c5cccs5)nn4c3C2=O)cc1. The first-order valence-corrected chi connectivity index (χ1v) is 9.67. The zero-order valence-electron chi connectivity index (χ0n) is 13.9. The molecule has 2 amide bonds. The van der Waals surface area contributed by atoms with Gasteiger partial charge < -0.3 is 0 Å². The van der Waals surface area contributed by atoms with Gasteiger partial charge in [0.2, 0.25) is 4.96 Å². The molecule has 27 heavy (non-hydrogen) atoms. The number of thiazole rings is 1. The van der Waals surface area contributed by atoms with E-state index in [1.165, 1.54) is 15.9 Å². The molecule has 0 bridgehead atoms. The average molecular weight is 394 g/mol. The number of thiophene rings is 1. The van der Waals surface area contributed by atoms with Gasteiger partial charge in [-0.25, -0.2) is 4.90 Å². The summed E-state index contributed by atoms with van der Waals surface area (Å²) in [5, 5.41) is 6.17. The van der Waals surface area contributed by atoms with Crippen molar-refractivity contribution in [3.63, 3.8) is 0 Å². The van der Waals surface area contributed by atoms with E-state index in [4.69, 9.17) is 0 Å². The zero-order chi connectivity index (χ0) is 18.7. The van der Waals surface area contributed by atoms with Crippen LogP contribution in [0.4, 0.5) is 5.69 Å². The number of anilines is 1. The summed E-state index contributed by atoms with van der Waals surface area (Å²) in [7, 11) is 0. The molecule has 0 saturated carbocycles. The van der Waals surface area contributed by atoms with Crippen molar-refractivity contribution in [3.05, 3.63) is 68.3 Å². The maximum Gasteiger partial charge on any atom is 0.301 e. The number of imide groups is 1. The predicted octanol–water partition coefficient (Wildman–Crippen LogP) is 2.99. The fourth-order valence-corrected chi connectivity index (χ4v) is 4.63. The molecule has 7 nitrogen and oxygen atoms in total. The quantitative estimate of drug-likeness (QED) is 0.488. The second-order valence-corrected chi connectivity index (χ2v) is 7.92. The number of aryl methyl sites for hydroxylation is 1. The Morgan fingerprint density at radius 2 is 1.78 bits per heavy atom. The van der Waals surface area contributed by atoms with Gasteiger partial charge in [-0.2, -0.15) is 14.6 Å². The molecule has 0 aliphatic carbocycles. The van der Waals surface area contributed by atoms with E-state index in [1.807, 2.05) is 30.5 Å². The highest BCUT2D eigenvalue weighted by Gasteiger charge is 2.41. The smallest absolute Gasteiger partial charge is 0.267 e. The Morgan fingerprint density at radius 1 is 1.00 bits per heavy atom. The van der Waals surface area contributed by atoms with Crippen molar-refractivity contribution in [2.24, 2.45) is 0 Å². The molecule has 0 radical (unpaired) electrons. The summed E-state index contributed by atoms with van der Waals surface area (Å²) >= 11 is 2.36. The Kier molecular flexibility index (Phi) is 3.36. The van der Waals surface area contributed by atoms with Gasteiger partial charge in [-0.05, 0) is 30.5 Å². The summed E-state index contributed by atoms with van der Waals surface area (Å²) in [4.78, 5) is 44.4. The van der Waals surface area contributed by atoms with Crippen LogP contribution in [-0.2, 0) is 0 Å². The Labute approximate surface area is 160 Å². The highest BCUT2D eigenvalue weighted by molar-refractivity contribution is 7.19. The van der Waals surface area contributed by atoms with Crippen LogP contribution >= 0.6 is 22.7 Å². The molecule has 1 aliphatic heterocycles.